The molecule has 14 heteroatoms. The zero-order valence-corrected chi connectivity index (χ0v) is 16.3. The molecule has 12 nitrogen and oxygen atoms in total. The SMILES string of the molecule is Cc1nnc([C@@H]2c3c(cnn3C)[C@@H]3CN2C(=O)N3OS(=O)(=O)[O-])o1.[Na+]. The van der Waals surface area contributed by atoms with Gasteiger partial charge in [-0.05, 0) is 0 Å². The number of hydrogen-bond acceptors (Lipinski definition) is 9. The molecule has 25 heavy (non-hydrogen) atoms. The maximum Gasteiger partial charge on any atom is 1.00 e. The maximum atomic E-state index is 12.5. The standard InChI is InChI=1S/C11H12N6O6S.Na/c1-5-13-14-10(22-5)9-8-6(3-12-15(8)2)7-4-16(9)11(18)17(7)23-24(19,20)21;/h3,7,9H,4H2,1-2H3,(H,19,20,21);/q;+1/p-1/t7-,9-;/m0./s1. The van der Waals surface area contributed by atoms with Gasteiger partial charge in [0, 0.05) is 19.5 Å². The minimum absolute atomic E-state index is 0. The Balaban J connectivity index is 0.00000182. The van der Waals surface area contributed by atoms with E-state index in [0.717, 1.165) is 0 Å². The smallest absolute Gasteiger partial charge is 0.724 e. The molecule has 4 rings (SSSR count). The molecule has 1 saturated heterocycles. The van der Waals surface area contributed by atoms with Gasteiger partial charge in [0.05, 0.1) is 18.4 Å². The van der Waals surface area contributed by atoms with Gasteiger partial charge in [-0.2, -0.15) is 14.4 Å². The van der Waals surface area contributed by atoms with Gasteiger partial charge >= 0.3 is 35.6 Å². The Bertz CT molecular complexity index is 941. The molecule has 2 bridgehead atoms. The summed E-state index contributed by atoms with van der Waals surface area (Å²) in [5, 5.41) is 12.4. The zero-order valence-electron chi connectivity index (χ0n) is 13.5. The fourth-order valence-electron chi connectivity index (χ4n) is 3.10. The van der Waals surface area contributed by atoms with Gasteiger partial charge in [-0.15, -0.1) is 10.2 Å². The summed E-state index contributed by atoms with van der Waals surface area (Å²) in [6, 6.07) is -2.30. The Morgan fingerprint density at radius 1 is 1.40 bits per heavy atom. The summed E-state index contributed by atoms with van der Waals surface area (Å²) in [6.07, 6.45) is 1.49. The third kappa shape index (κ3) is 2.86. The molecule has 1 fully saturated rings. The molecule has 2 aromatic heterocycles. The maximum absolute atomic E-state index is 12.5. The first-order chi connectivity index (χ1) is 11.3. The van der Waals surface area contributed by atoms with E-state index >= 15 is 0 Å². The Hall–Kier alpha value is -1.51. The van der Waals surface area contributed by atoms with Crippen molar-refractivity contribution in [1.29, 1.82) is 0 Å². The second-order valence-electron chi connectivity index (χ2n) is 5.43. The summed E-state index contributed by atoms with van der Waals surface area (Å²) in [4.78, 5) is 13.8. The Kier molecular flexibility index (Phi) is 4.41. The number of hydroxylamine groups is 2. The van der Waals surface area contributed by atoms with Crippen molar-refractivity contribution in [3.63, 3.8) is 0 Å². The normalized spacial score (nSPS) is 22.1. The van der Waals surface area contributed by atoms with E-state index in [1.54, 1.807) is 14.0 Å². The molecule has 2 aliphatic rings. The second kappa shape index (κ2) is 6.03. The number of aryl methyl sites for hydroxylation is 2. The van der Waals surface area contributed by atoms with Crippen molar-refractivity contribution in [2.45, 2.75) is 19.0 Å². The van der Waals surface area contributed by atoms with Crippen molar-refractivity contribution in [3.05, 3.63) is 29.2 Å². The van der Waals surface area contributed by atoms with E-state index in [9.17, 15) is 17.8 Å². The van der Waals surface area contributed by atoms with Crippen molar-refractivity contribution >= 4 is 16.4 Å². The van der Waals surface area contributed by atoms with Crippen LogP contribution in [0.15, 0.2) is 10.6 Å². The van der Waals surface area contributed by atoms with E-state index in [2.05, 4.69) is 19.6 Å². The molecule has 2 atom stereocenters. The van der Waals surface area contributed by atoms with Gasteiger partial charge in [-0.3, -0.25) is 4.68 Å². The summed E-state index contributed by atoms with van der Waals surface area (Å²) in [7, 11) is -3.44. The molecular formula is C11H11N6NaO6S. The summed E-state index contributed by atoms with van der Waals surface area (Å²) in [5.41, 5.74) is 1.13. The third-order valence-electron chi connectivity index (χ3n) is 3.98. The van der Waals surface area contributed by atoms with Gasteiger partial charge in [0.1, 0.15) is 6.04 Å². The molecular weight excluding hydrogens is 367 g/mol. The molecule has 0 radical (unpaired) electrons. The summed E-state index contributed by atoms with van der Waals surface area (Å²) in [5.74, 6) is 0.480. The molecule has 0 spiro atoms. The van der Waals surface area contributed by atoms with Crippen LogP contribution in [0.2, 0.25) is 0 Å². The van der Waals surface area contributed by atoms with E-state index in [1.165, 1.54) is 15.8 Å². The van der Waals surface area contributed by atoms with E-state index in [0.29, 0.717) is 22.2 Å². The van der Waals surface area contributed by atoms with Crippen LogP contribution in [0.4, 0.5) is 4.79 Å². The molecule has 4 heterocycles. The van der Waals surface area contributed by atoms with Crippen LogP contribution in [0.5, 0.6) is 0 Å². The van der Waals surface area contributed by atoms with Crippen LogP contribution in [0.3, 0.4) is 0 Å². The molecule has 0 aromatic carbocycles. The van der Waals surface area contributed by atoms with Crippen molar-refractivity contribution < 1.29 is 56.0 Å². The molecule has 0 N–H and O–H groups in total. The van der Waals surface area contributed by atoms with Gasteiger partial charge in [-0.1, -0.05) is 0 Å². The number of carbonyl (C=O) groups is 1. The molecule has 0 aliphatic carbocycles. The molecule has 2 aliphatic heterocycles. The number of aromatic nitrogens is 4. The Morgan fingerprint density at radius 2 is 2.12 bits per heavy atom. The van der Waals surface area contributed by atoms with E-state index < -0.39 is 28.5 Å². The fourth-order valence-corrected chi connectivity index (χ4v) is 3.46. The summed E-state index contributed by atoms with van der Waals surface area (Å²) >= 11 is 0. The van der Waals surface area contributed by atoms with E-state index in [1.807, 2.05) is 0 Å². The molecule has 0 unspecified atom stereocenters. The predicted octanol–water partition coefficient (Wildman–Crippen LogP) is -3.61. The first-order valence-corrected chi connectivity index (χ1v) is 8.16. The minimum Gasteiger partial charge on any atom is -0.724 e. The predicted molar refractivity (Wildman–Crippen MR) is 71.6 cm³/mol. The second-order valence-corrected chi connectivity index (χ2v) is 6.40. The van der Waals surface area contributed by atoms with Crippen molar-refractivity contribution in [2.24, 2.45) is 7.05 Å². The van der Waals surface area contributed by atoms with Crippen molar-refractivity contribution in [2.75, 3.05) is 6.54 Å². The molecule has 2 amide bonds. The monoisotopic (exact) mass is 378 g/mol. The zero-order chi connectivity index (χ0) is 17.2. The molecule has 128 valence electrons. The van der Waals surface area contributed by atoms with Gasteiger partial charge in [0.15, 0.2) is 6.04 Å². The fraction of sp³-hybridized carbons (Fsp3) is 0.455. The number of fused-ring (bicyclic) bond motifs is 4. The Labute approximate surface area is 163 Å². The van der Waals surface area contributed by atoms with Crippen molar-refractivity contribution in [1.82, 2.24) is 29.9 Å². The average molecular weight is 378 g/mol. The first-order valence-electron chi connectivity index (χ1n) is 6.83. The number of carbonyl (C=O) groups excluding carboxylic acids is 1. The largest absolute Gasteiger partial charge is 1.00 e. The van der Waals surface area contributed by atoms with E-state index in [-0.39, 0.29) is 42.0 Å². The van der Waals surface area contributed by atoms with Crippen LogP contribution in [0.1, 0.15) is 35.1 Å². The van der Waals surface area contributed by atoms with Crippen LogP contribution in [0, 0.1) is 6.92 Å². The summed E-state index contributed by atoms with van der Waals surface area (Å²) < 4.78 is 44.1. The molecule has 0 saturated carbocycles. The van der Waals surface area contributed by atoms with Crippen LogP contribution in [-0.2, 0) is 21.7 Å². The van der Waals surface area contributed by atoms with Crippen LogP contribution >= 0.6 is 0 Å². The van der Waals surface area contributed by atoms with Gasteiger partial charge in [0.2, 0.25) is 22.2 Å². The number of hydrogen-bond donors (Lipinski definition) is 0. The Morgan fingerprint density at radius 3 is 2.72 bits per heavy atom. The minimum atomic E-state index is -5.10. The van der Waals surface area contributed by atoms with Gasteiger partial charge < -0.3 is 13.9 Å². The number of nitrogens with zero attached hydrogens (tertiary/aromatic N) is 6. The molecule has 2 aromatic rings. The van der Waals surface area contributed by atoms with Gasteiger partial charge in [-0.25, -0.2) is 13.2 Å². The van der Waals surface area contributed by atoms with E-state index in [4.69, 9.17) is 4.42 Å². The van der Waals surface area contributed by atoms with Crippen LogP contribution < -0.4 is 29.6 Å². The first kappa shape index (κ1) is 18.3. The number of urea groups is 1. The third-order valence-corrected chi connectivity index (χ3v) is 4.32. The summed E-state index contributed by atoms with van der Waals surface area (Å²) in [6.45, 7) is 1.71. The average Bonchev–Trinajstić information content (AvgIpc) is 3.14. The van der Waals surface area contributed by atoms with Crippen molar-refractivity contribution in [3.8, 4) is 0 Å². The topological polar surface area (TPSA) is 147 Å². The number of rotatable bonds is 3. The van der Waals surface area contributed by atoms with Crippen LogP contribution in [0.25, 0.3) is 0 Å². The number of amides is 2. The quantitative estimate of drug-likeness (QED) is 0.300. The van der Waals surface area contributed by atoms with Gasteiger partial charge in [0.25, 0.3) is 0 Å². The van der Waals surface area contributed by atoms with Crippen LogP contribution in [-0.4, -0.2) is 55.5 Å².